The zero-order valence-electron chi connectivity index (χ0n) is 15.5. The van der Waals surface area contributed by atoms with Crippen molar-refractivity contribution in [2.24, 2.45) is 11.5 Å². The Balaban J connectivity index is 3.22. The molecule has 0 heterocycles. The molecule has 0 saturated carbocycles. The molecule has 0 spiro atoms. The van der Waals surface area contributed by atoms with Gasteiger partial charge in [0.25, 0.3) is 0 Å². The lowest BCUT2D eigenvalue weighted by atomic mass is 10.0. The zero-order valence-corrected chi connectivity index (χ0v) is 15.5. The summed E-state index contributed by atoms with van der Waals surface area (Å²) in [5.41, 5.74) is 11.2. The fourth-order valence-corrected chi connectivity index (χ4v) is 2.93. The maximum Gasteiger partial charge on any atom is 0.0726 e. The van der Waals surface area contributed by atoms with Crippen LogP contribution in [0, 0.1) is 0 Å². The summed E-state index contributed by atoms with van der Waals surface area (Å²) in [7, 11) is 0. The Kier molecular flexibility index (Phi) is 17.7. The molecule has 0 aromatic carbocycles. The van der Waals surface area contributed by atoms with Crippen LogP contribution in [0.15, 0.2) is 12.2 Å². The highest BCUT2D eigenvalue weighted by atomic mass is 16.3. The molecule has 0 aliphatic rings. The van der Waals surface area contributed by atoms with Gasteiger partial charge in [0, 0.05) is 12.6 Å². The van der Waals surface area contributed by atoms with E-state index in [4.69, 9.17) is 11.5 Å². The van der Waals surface area contributed by atoms with E-state index in [2.05, 4.69) is 6.92 Å². The molecular formula is C20H42N2O. The molecular weight excluding hydrogens is 284 g/mol. The monoisotopic (exact) mass is 326 g/mol. The number of hydrogen-bond acceptors (Lipinski definition) is 3. The van der Waals surface area contributed by atoms with Gasteiger partial charge in [0.2, 0.25) is 0 Å². The average Bonchev–Trinajstić information content (AvgIpc) is 2.56. The van der Waals surface area contributed by atoms with E-state index in [1.54, 1.807) is 0 Å². The van der Waals surface area contributed by atoms with Crippen LogP contribution in [0.1, 0.15) is 96.8 Å². The van der Waals surface area contributed by atoms with Crippen LogP contribution in [0.2, 0.25) is 0 Å². The van der Waals surface area contributed by atoms with Gasteiger partial charge in [-0.15, -0.1) is 0 Å². The van der Waals surface area contributed by atoms with E-state index in [9.17, 15) is 5.11 Å². The van der Waals surface area contributed by atoms with Gasteiger partial charge in [-0.3, -0.25) is 0 Å². The van der Waals surface area contributed by atoms with Crippen LogP contribution in [0.25, 0.3) is 0 Å². The molecule has 0 bridgehead atoms. The highest BCUT2D eigenvalue weighted by Crippen LogP contribution is 2.13. The van der Waals surface area contributed by atoms with E-state index < -0.39 is 6.10 Å². The van der Waals surface area contributed by atoms with Gasteiger partial charge >= 0.3 is 0 Å². The fraction of sp³-hybridized carbons (Fsp3) is 0.900. The van der Waals surface area contributed by atoms with E-state index in [0.717, 1.165) is 12.8 Å². The minimum absolute atomic E-state index is 0.268. The van der Waals surface area contributed by atoms with Crippen molar-refractivity contribution in [2.75, 3.05) is 6.54 Å². The van der Waals surface area contributed by atoms with Crippen LogP contribution in [-0.4, -0.2) is 23.8 Å². The lowest BCUT2D eigenvalue weighted by molar-refractivity contribution is 0.147. The van der Waals surface area contributed by atoms with Crippen molar-refractivity contribution in [3.63, 3.8) is 0 Å². The first-order valence-electron chi connectivity index (χ1n) is 10.0. The third-order valence-corrected chi connectivity index (χ3v) is 4.54. The Bertz CT molecular complexity index is 256. The summed E-state index contributed by atoms with van der Waals surface area (Å²) in [4.78, 5) is 0. The molecule has 2 unspecified atom stereocenters. The first-order valence-corrected chi connectivity index (χ1v) is 10.0. The smallest absolute Gasteiger partial charge is 0.0726 e. The molecule has 138 valence electrons. The molecule has 5 N–H and O–H groups in total. The fourth-order valence-electron chi connectivity index (χ4n) is 2.93. The van der Waals surface area contributed by atoms with Crippen molar-refractivity contribution in [3.05, 3.63) is 12.2 Å². The molecule has 0 aliphatic heterocycles. The summed E-state index contributed by atoms with van der Waals surface area (Å²) in [5.74, 6) is 0. The van der Waals surface area contributed by atoms with Gasteiger partial charge in [0.05, 0.1) is 6.10 Å². The van der Waals surface area contributed by atoms with Crippen LogP contribution in [0.4, 0.5) is 0 Å². The molecule has 0 saturated heterocycles. The van der Waals surface area contributed by atoms with Crippen LogP contribution in [0.3, 0.4) is 0 Å². The molecule has 23 heavy (non-hydrogen) atoms. The van der Waals surface area contributed by atoms with Gasteiger partial charge in [0.15, 0.2) is 0 Å². The van der Waals surface area contributed by atoms with E-state index in [0.29, 0.717) is 6.54 Å². The second-order valence-corrected chi connectivity index (χ2v) is 6.84. The van der Waals surface area contributed by atoms with Gasteiger partial charge in [0.1, 0.15) is 0 Å². The molecule has 3 nitrogen and oxygen atoms in total. The second-order valence-electron chi connectivity index (χ2n) is 6.84. The number of hydrogen-bond donors (Lipinski definition) is 3. The summed E-state index contributed by atoms with van der Waals surface area (Å²) in [6, 6.07) is -0.268. The number of unbranched alkanes of at least 4 members (excludes halogenated alkanes) is 12. The van der Waals surface area contributed by atoms with Gasteiger partial charge < -0.3 is 16.6 Å². The highest BCUT2D eigenvalue weighted by Gasteiger charge is 2.10. The summed E-state index contributed by atoms with van der Waals surface area (Å²) in [5, 5.41) is 9.90. The Morgan fingerprint density at radius 3 is 1.65 bits per heavy atom. The van der Waals surface area contributed by atoms with E-state index in [1.807, 2.05) is 12.2 Å². The first-order chi connectivity index (χ1) is 11.2. The Labute approximate surface area is 144 Å². The van der Waals surface area contributed by atoms with Crippen molar-refractivity contribution >= 4 is 0 Å². The molecule has 0 rings (SSSR count). The standard InChI is InChI=1S/C20H42N2O/c1-2-3-4-5-6-7-8-9-10-11-12-13-14-17-20(23)19(22)16-15-18-21/h15-16,19-20,23H,2-14,17-18,21-22H2,1H3/b16-15+. The minimum Gasteiger partial charge on any atom is -0.391 e. The van der Waals surface area contributed by atoms with Crippen LogP contribution < -0.4 is 11.5 Å². The summed E-state index contributed by atoms with van der Waals surface area (Å²) in [6.45, 7) is 2.76. The first kappa shape index (κ1) is 22.6. The zero-order chi connectivity index (χ0) is 17.2. The topological polar surface area (TPSA) is 72.3 Å². The average molecular weight is 327 g/mol. The number of rotatable bonds is 17. The van der Waals surface area contributed by atoms with E-state index >= 15 is 0 Å². The molecule has 3 heteroatoms. The second kappa shape index (κ2) is 18.0. The normalized spacial score (nSPS) is 14.4. The summed E-state index contributed by atoms with van der Waals surface area (Å²) < 4.78 is 0. The van der Waals surface area contributed by atoms with Crippen molar-refractivity contribution in [2.45, 2.75) is 109 Å². The van der Waals surface area contributed by atoms with Crippen LogP contribution >= 0.6 is 0 Å². The highest BCUT2D eigenvalue weighted by molar-refractivity contribution is 4.95. The van der Waals surface area contributed by atoms with Crippen molar-refractivity contribution in [3.8, 4) is 0 Å². The molecule has 0 amide bonds. The maximum atomic E-state index is 9.90. The van der Waals surface area contributed by atoms with Crippen LogP contribution in [0.5, 0.6) is 0 Å². The molecule has 0 aliphatic carbocycles. The molecule has 0 aromatic rings. The van der Waals surface area contributed by atoms with Crippen LogP contribution in [-0.2, 0) is 0 Å². The third-order valence-electron chi connectivity index (χ3n) is 4.54. The lowest BCUT2D eigenvalue weighted by Gasteiger charge is -2.15. The van der Waals surface area contributed by atoms with Gasteiger partial charge in [-0.2, -0.15) is 0 Å². The number of nitrogens with two attached hydrogens (primary N) is 2. The van der Waals surface area contributed by atoms with Crippen molar-refractivity contribution in [1.82, 2.24) is 0 Å². The summed E-state index contributed by atoms with van der Waals surface area (Å²) in [6.07, 6.45) is 21.5. The predicted molar refractivity (Wildman–Crippen MR) is 102 cm³/mol. The molecule has 0 fully saturated rings. The lowest BCUT2D eigenvalue weighted by Crippen LogP contribution is -2.32. The molecule has 0 aromatic heterocycles. The SMILES string of the molecule is CCCCCCCCCCCCCCCC(O)C(N)/C=C/CN. The Morgan fingerprint density at radius 1 is 0.783 bits per heavy atom. The predicted octanol–water partition coefficient (Wildman–Crippen LogP) is 4.67. The molecule has 2 atom stereocenters. The Morgan fingerprint density at radius 2 is 1.22 bits per heavy atom. The molecule has 0 radical (unpaired) electrons. The maximum absolute atomic E-state index is 9.90. The summed E-state index contributed by atoms with van der Waals surface area (Å²) >= 11 is 0. The van der Waals surface area contributed by atoms with Gasteiger partial charge in [-0.1, -0.05) is 103 Å². The van der Waals surface area contributed by atoms with Gasteiger partial charge in [-0.25, -0.2) is 0 Å². The third kappa shape index (κ3) is 16.3. The number of aliphatic hydroxyl groups is 1. The van der Waals surface area contributed by atoms with Gasteiger partial charge in [-0.05, 0) is 6.42 Å². The number of aliphatic hydroxyl groups excluding tert-OH is 1. The van der Waals surface area contributed by atoms with E-state index in [1.165, 1.54) is 77.0 Å². The minimum atomic E-state index is -0.425. The largest absolute Gasteiger partial charge is 0.391 e. The van der Waals surface area contributed by atoms with Crippen molar-refractivity contribution in [1.29, 1.82) is 0 Å². The Hall–Kier alpha value is -0.380. The van der Waals surface area contributed by atoms with E-state index in [-0.39, 0.29) is 6.04 Å². The van der Waals surface area contributed by atoms with Crippen molar-refractivity contribution < 1.29 is 5.11 Å². The quantitative estimate of drug-likeness (QED) is 0.269.